The van der Waals surface area contributed by atoms with E-state index in [1.807, 2.05) is 36.4 Å². The molecule has 0 radical (unpaired) electrons. The predicted octanol–water partition coefficient (Wildman–Crippen LogP) is 5.17. The van der Waals surface area contributed by atoms with E-state index in [4.69, 9.17) is 16.7 Å². The first-order valence-corrected chi connectivity index (χ1v) is 8.34. The van der Waals surface area contributed by atoms with Crippen molar-refractivity contribution in [3.8, 4) is 11.1 Å². The Morgan fingerprint density at radius 2 is 2.12 bits per heavy atom. The number of benzene rings is 1. The molecule has 3 N–H and O–H groups in total. The van der Waals surface area contributed by atoms with Crippen molar-refractivity contribution in [1.82, 2.24) is 4.98 Å². The summed E-state index contributed by atoms with van der Waals surface area (Å²) in [6.45, 7) is 0.648. The number of halogens is 1. The lowest BCUT2D eigenvalue weighted by atomic mass is 10.0. The fraction of sp³-hybridized carbons (Fsp3) is 0.0588. The van der Waals surface area contributed by atoms with Crippen molar-refractivity contribution in [1.29, 1.82) is 0 Å². The van der Waals surface area contributed by atoms with Gasteiger partial charge in [0.2, 0.25) is 0 Å². The fourth-order valence-corrected chi connectivity index (χ4v) is 3.30. The summed E-state index contributed by atoms with van der Waals surface area (Å²) in [5, 5.41) is 14.8. The minimum Gasteiger partial charge on any atom is -0.465 e. The molecule has 0 saturated heterocycles. The van der Waals surface area contributed by atoms with Crippen molar-refractivity contribution in [2.24, 2.45) is 0 Å². The van der Waals surface area contributed by atoms with Crippen LogP contribution in [0.25, 0.3) is 11.1 Å². The van der Waals surface area contributed by atoms with E-state index in [2.05, 4.69) is 15.6 Å². The quantitative estimate of drug-likeness (QED) is 0.587. The summed E-state index contributed by atoms with van der Waals surface area (Å²) >= 11 is 7.46. The Labute approximate surface area is 147 Å². The Balaban J connectivity index is 1.87. The molecule has 0 aliphatic carbocycles. The normalized spacial score (nSPS) is 10.4. The molecule has 7 heteroatoms. The lowest BCUT2D eigenvalue weighted by Gasteiger charge is -2.12. The minimum absolute atomic E-state index is 0.514. The topological polar surface area (TPSA) is 74.2 Å². The Morgan fingerprint density at radius 1 is 1.25 bits per heavy atom. The Kier molecular flexibility index (Phi) is 4.98. The van der Waals surface area contributed by atoms with Crippen LogP contribution in [-0.2, 0) is 6.54 Å². The summed E-state index contributed by atoms with van der Waals surface area (Å²) in [4.78, 5) is 16.2. The Bertz CT molecular complexity index is 852. The van der Waals surface area contributed by atoms with Crippen LogP contribution in [0.1, 0.15) is 4.88 Å². The predicted molar refractivity (Wildman–Crippen MR) is 98.0 cm³/mol. The van der Waals surface area contributed by atoms with E-state index < -0.39 is 6.09 Å². The van der Waals surface area contributed by atoms with Gasteiger partial charge in [0.1, 0.15) is 0 Å². The first-order valence-electron chi connectivity index (χ1n) is 7.14. The number of aromatic nitrogens is 1. The zero-order valence-electron chi connectivity index (χ0n) is 12.5. The van der Waals surface area contributed by atoms with Crippen LogP contribution in [0.3, 0.4) is 0 Å². The maximum Gasteiger partial charge on any atom is 0.409 e. The number of hydrogen-bond donors (Lipinski definition) is 3. The van der Waals surface area contributed by atoms with Gasteiger partial charge >= 0.3 is 6.09 Å². The molecule has 3 aromatic rings. The summed E-state index contributed by atoms with van der Waals surface area (Å²) in [6, 6.07) is 13.0. The van der Waals surface area contributed by atoms with Crippen molar-refractivity contribution in [2.45, 2.75) is 6.54 Å². The van der Waals surface area contributed by atoms with E-state index >= 15 is 0 Å². The summed E-state index contributed by atoms with van der Waals surface area (Å²) in [7, 11) is 0. The first-order chi connectivity index (χ1) is 11.6. The second-order valence-electron chi connectivity index (χ2n) is 4.99. The molecule has 0 atom stereocenters. The van der Waals surface area contributed by atoms with Crippen molar-refractivity contribution in [2.75, 3.05) is 10.6 Å². The highest BCUT2D eigenvalue weighted by atomic mass is 35.5. The lowest BCUT2D eigenvalue weighted by molar-refractivity contribution is 0.210. The van der Waals surface area contributed by atoms with Gasteiger partial charge in [-0.1, -0.05) is 17.7 Å². The molecule has 0 aliphatic heterocycles. The van der Waals surface area contributed by atoms with Crippen LogP contribution < -0.4 is 10.6 Å². The third-order valence-corrected chi connectivity index (χ3v) is 4.56. The molecular weight excluding hydrogens is 346 g/mol. The molecule has 0 bridgehead atoms. The Morgan fingerprint density at radius 3 is 2.79 bits per heavy atom. The second kappa shape index (κ2) is 7.33. The van der Waals surface area contributed by atoms with Crippen LogP contribution in [0.15, 0.2) is 54.9 Å². The monoisotopic (exact) mass is 359 g/mol. The van der Waals surface area contributed by atoms with Crippen molar-refractivity contribution in [3.05, 3.63) is 64.1 Å². The maximum absolute atomic E-state index is 11.0. The number of rotatable bonds is 5. The van der Waals surface area contributed by atoms with Gasteiger partial charge in [-0.2, -0.15) is 0 Å². The summed E-state index contributed by atoms with van der Waals surface area (Å²) < 4.78 is 0.754. The molecule has 1 amide bonds. The smallest absolute Gasteiger partial charge is 0.409 e. The number of thiophene rings is 1. The first kappa shape index (κ1) is 16.3. The molecule has 24 heavy (non-hydrogen) atoms. The molecule has 2 aromatic heterocycles. The van der Waals surface area contributed by atoms with Crippen LogP contribution in [0.5, 0.6) is 0 Å². The molecule has 2 heterocycles. The molecule has 5 nitrogen and oxygen atoms in total. The zero-order chi connectivity index (χ0) is 16.9. The molecular formula is C17H14ClN3O2S. The highest BCUT2D eigenvalue weighted by Crippen LogP contribution is 2.31. The molecule has 3 rings (SSSR count). The van der Waals surface area contributed by atoms with E-state index in [1.165, 1.54) is 11.3 Å². The summed E-state index contributed by atoms with van der Waals surface area (Å²) in [6.07, 6.45) is 2.27. The second-order valence-corrected chi connectivity index (χ2v) is 6.79. The fourth-order valence-electron chi connectivity index (χ4n) is 2.28. The number of anilines is 2. The number of amides is 1. The van der Waals surface area contributed by atoms with Gasteiger partial charge in [0, 0.05) is 40.6 Å². The van der Waals surface area contributed by atoms with Gasteiger partial charge in [-0.05, 0) is 36.4 Å². The highest BCUT2D eigenvalue weighted by molar-refractivity contribution is 7.16. The lowest BCUT2D eigenvalue weighted by Crippen LogP contribution is -2.08. The van der Waals surface area contributed by atoms with Gasteiger partial charge in [-0.25, -0.2) is 4.79 Å². The van der Waals surface area contributed by atoms with E-state index in [1.54, 1.807) is 18.5 Å². The largest absolute Gasteiger partial charge is 0.465 e. The number of nitrogens with zero attached hydrogens (tertiary/aromatic N) is 1. The highest BCUT2D eigenvalue weighted by Gasteiger charge is 2.09. The molecule has 0 unspecified atom stereocenters. The van der Waals surface area contributed by atoms with E-state index in [-0.39, 0.29) is 0 Å². The zero-order valence-corrected chi connectivity index (χ0v) is 14.1. The number of nitrogens with one attached hydrogen (secondary N) is 2. The van der Waals surface area contributed by atoms with Crippen LogP contribution >= 0.6 is 22.9 Å². The van der Waals surface area contributed by atoms with Crippen LogP contribution in [0.4, 0.5) is 16.2 Å². The molecule has 1 aromatic carbocycles. The van der Waals surface area contributed by atoms with Gasteiger partial charge < -0.3 is 10.4 Å². The number of carboxylic acid groups (broad SMARTS) is 1. The summed E-state index contributed by atoms with van der Waals surface area (Å²) in [5.74, 6) is 0. The van der Waals surface area contributed by atoms with Crippen molar-refractivity contribution in [3.63, 3.8) is 0 Å². The standard InChI is InChI=1S/C17H14ClN3O2S/c18-16-6-4-13(24-16)10-20-12-3-5-15(21-17(22)23)14(8-12)11-2-1-7-19-9-11/h1-9,20-21H,10H2,(H,22,23). The van der Waals surface area contributed by atoms with Crippen LogP contribution in [0, 0.1) is 0 Å². The average molecular weight is 360 g/mol. The minimum atomic E-state index is -1.10. The van der Waals surface area contributed by atoms with Gasteiger partial charge in [0.15, 0.2) is 0 Å². The van der Waals surface area contributed by atoms with Crippen molar-refractivity contribution >= 4 is 40.4 Å². The molecule has 0 aliphatic rings. The molecule has 0 spiro atoms. The number of hydrogen-bond acceptors (Lipinski definition) is 4. The molecule has 122 valence electrons. The maximum atomic E-state index is 11.0. The third kappa shape index (κ3) is 4.04. The molecule has 0 saturated carbocycles. The van der Waals surface area contributed by atoms with E-state index in [9.17, 15) is 4.79 Å². The molecule has 0 fully saturated rings. The van der Waals surface area contributed by atoms with Crippen LogP contribution in [-0.4, -0.2) is 16.2 Å². The van der Waals surface area contributed by atoms with Crippen molar-refractivity contribution < 1.29 is 9.90 Å². The summed E-state index contributed by atoms with van der Waals surface area (Å²) in [5.41, 5.74) is 3.00. The SMILES string of the molecule is O=C(O)Nc1ccc(NCc2ccc(Cl)s2)cc1-c1cccnc1. The Hall–Kier alpha value is -2.57. The van der Waals surface area contributed by atoms with Crippen LogP contribution in [0.2, 0.25) is 4.34 Å². The van der Waals surface area contributed by atoms with Gasteiger partial charge in [0.05, 0.1) is 10.0 Å². The van der Waals surface area contributed by atoms with Gasteiger partial charge in [-0.3, -0.25) is 10.3 Å². The number of pyridine rings is 1. The number of carbonyl (C=O) groups is 1. The van der Waals surface area contributed by atoms with Gasteiger partial charge in [-0.15, -0.1) is 11.3 Å². The average Bonchev–Trinajstić information content (AvgIpc) is 3.00. The third-order valence-electron chi connectivity index (χ3n) is 3.33. The van der Waals surface area contributed by atoms with E-state index in [0.717, 1.165) is 26.0 Å². The van der Waals surface area contributed by atoms with Gasteiger partial charge in [0.25, 0.3) is 0 Å². The van der Waals surface area contributed by atoms with E-state index in [0.29, 0.717) is 12.2 Å².